The second-order valence-corrected chi connectivity index (χ2v) is 8.35. The minimum atomic E-state index is -0.825. The Kier molecular flexibility index (Phi) is 1.82. The largest absolute Gasteiger partial charge is 0.309 e. The number of benzene rings is 5. The first kappa shape index (κ1) is 8.32. The van der Waals surface area contributed by atoms with E-state index in [4.69, 9.17) is 36.3 Å². The number of nitrogens with zero attached hydrogens (tertiary/aromatic N) is 1. The Labute approximate surface area is 225 Å². The van der Waals surface area contributed by atoms with Gasteiger partial charge in [-0.2, -0.15) is 0 Å². The fourth-order valence-corrected chi connectivity index (χ4v) is 5.05. The topological polar surface area (TPSA) is 4.93 Å². The van der Waals surface area contributed by atoms with Crippen molar-refractivity contribution in [3.8, 4) is 16.8 Å². The van der Waals surface area contributed by atoms with Crippen LogP contribution in [-0.4, -0.2) is 4.57 Å². The monoisotopic (exact) mass is 477 g/mol. The Hall–Kier alpha value is -3.59. The Morgan fingerprint density at radius 3 is 1.94 bits per heavy atom. The molecule has 0 amide bonds. The number of para-hydroxylation sites is 2. The van der Waals surface area contributed by atoms with Crippen molar-refractivity contribution in [3.05, 3.63) is 114 Å². The van der Waals surface area contributed by atoms with E-state index >= 15 is 0 Å². The van der Waals surface area contributed by atoms with Gasteiger partial charge in [-0.05, 0) is 47.9 Å². The highest BCUT2D eigenvalue weighted by Gasteiger charge is 2.14. The third-order valence-corrected chi connectivity index (χ3v) is 6.46. The molecule has 0 radical (unpaired) electrons. The SMILES string of the molecule is [2H]c1c([2H])c(-n2c3c([2H])c([2H])c([2H])c([2H])c3c3c([2H])c([2H])c([2H])c([2H])c32)c([2H])c([2H])c1-c1c([2H])c(Cl)c([2H])c2c1sc1c([2H])c([2H])c([2H])c([2H])c12. The van der Waals surface area contributed by atoms with Crippen LogP contribution < -0.4 is 0 Å². The van der Waals surface area contributed by atoms with Crippen LogP contribution in [0.25, 0.3) is 58.8 Å². The molecule has 7 rings (SSSR count). The van der Waals surface area contributed by atoms with Crippen molar-refractivity contribution >= 4 is 64.9 Å². The molecule has 0 fully saturated rings. The Morgan fingerprint density at radius 2 is 1.24 bits per heavy atom. The minimum Gasteiger partial charge on any atom is -0.309 e. The first-order valence-corrected chi connectivity index (χ1v) is 10.7. The molecular weight excluding hydrogens is 442 g/mol. The summed E-state index contributed by atoms with van der Waals surface area (Å²) in [5.74, 6) is 0. The van der Waals surface area contributed by atoms with E-state index in [1.165, 1.54) is 0 Å². The first-order valence-electron chi connectivity index (χ1n) is 18.5. The molecule has 0 aliphatic carbocycles. The van der Waals surface area contributed by atoms with Crippen LogP contribution in [0.15, 0.2) is 109 Å². The molecule has 33 heavy (non-hydrogen) atoms. The van der Waals surface area contributed by atoms with E-state index in [1.807, 2.05) is 0 Å². The highest BCUT2D eigenvalue weighted by atomic mass is 35.5. The zero-order chi connectivity index (χ0) is 37.6. The highest BCUT2D eigenvalue weighted by Crippen LogP contribution is 2.42. The first-order chi connectivity index (χ1) is 23.8. The molecule has 3 heteroatoms. The summed E-state index contributed by atoms with van der Waals surface area (Å²) in [6.45, 7) is 0. The van der Waals surface area contributed by atoms with Crippen LogP contribution in [0.5, 0.6) is 0 Å². The molecule has 2 aromatic heterocycles. The zero-order valence-corrected chi connectivity index (χ0v) is 17.8. The predicted octanol–water partition coefficient (Wildman–Crippen LogP) is 9.47. The van der Waals surface area contributed by atoms with Crippen molar-refractivity contribution in [2.24, 2.45) is 0 Å². The van der Waals surface area contributed by atoms with Gasteiger partial charge in [0.15, 0.2) is 0 Å². The van der Waals surface area contributed by atoms with Crippen molar-refractivity contribution in [2.75, 3.05) is 0 Å². The lowest BCUT2D eigenvalue weighted by Crippen LogP contribution is -1.93. The summed E-state index contributed by atoms with van der Waals surface area (Å²) in [7, 11) is 0. The van der Waals surface area contributed by atoms with Crippen LogP contribution in [0.4, 0.5) is 0 Å². The fraction of sp³-hybridized carbons (Fsp3) is 0. The summed E-state index contributed by atoms with van der Waals surface area (Å²) in [5.41, 5.74) is -2.24. The molecule has 0 saturated carbocycles. The second-order valence-electron chi connectivity index (χ2n) is 6.96. The molecule has 2 heterocycles. The Morgan fingerprint density at radius 1 is 0.636 bits per heavy atom. The number of aromatic nitrogens is 1. The normalized spacial score (nSPS) is 19.4. The lowest BCUT2D eigenvalue weighted by Gasteiger charge is -2.10. The molecule has 1 nitrogen and oxygen atoms in total. The summed E-state index contributed by atoms with van der Waals surface area (Å²) in [5, 5.41) is -1.31. The maximum atomic E-state index is 9.16. The molecule has 7 aromatic rings. The molecule has 0 N–H and O–H groups in total. The van der Waals surface area contributed by atoms with Crippen LogP contribution in [0.1, 0.15) is 24.7 Å². The molecule has 0 spiro atoms. The number of fused-ring (bicyclic) bond motifs is 6. The van der Waals surface area contributed by atoms with Gasteiger partial charge in [-0.3, -0.25) is 0 Å². The molecule has 0 unspecified atom stereocenters. The van der Waals surface area contributed by atoms with Crippen molar-refractivity contribution in [1.82, 2.24) is 4.57 Å². The van der Waals surface area contributed by atoms with Crippen LogP contribution in [0, 0.1) is 0 Å². The maximum Gasteiger partial charge on any atom is 0.0646 e. The Balaban J connectivity index is 1.70. The van der Waals surface area contributed by atoms with Crippen LogP contribution >= 0.6 is 22.9 Å². The van der Waals surface area contributed by atoms with E-state index in [0.29, 0.717) is 0 Å². The number of thiophene rings is 1. The van der Waals surface area contributed by atoms with E-state index in [0.717, 1.165) is 15.9 Å². The van der Waals surface area contributed by atoms with Gasteiger partial charge in [0, 0.05) is 47.2 Å². The molecular formula is C30H18ClNS. The van der Waals surface area contributed by atoms with E-state index < -0.39 is 136 Å². The molecule has 0 aliphatic rings. The van der Waals surface area contributed by atoms with Crippen LogP contribution in [0.3, 0.4) is 0 Å². The summed E-state index contributed by atoms with van der Waals surface area (Å²) in [6.07, 6.45) is 0. The lowest BCUT2D eigenvalue weighted by atomic mass is 10.0. The average Bonchev–Trinajstić information content (AvgIpc) is 3.67. The number of hydrogen-bond acceptors (Lipinski definition) is 1. The van der Waals surface area contributed by atoms with Crippen molar-refractivity contribution < 1.29 is 24.7 Å². The maximum absolute atomic E-state index is 9.16. The van der Waals surface area contributed by atoms with Gasteiger partial charge >= 0.3 is 0 Å². The van der Waals surface area contributed by atoms with Gasteiger partial charge in [-0.25, -0.2) is 0 Å². The van der Waals surface area contributed by atoms with E-state index in [2.05, 4.69) is 0 Å². The predicted molar refractivity (Wildman–Crippen MR) is 144 cm³/mol. The molecule has 0 aliphatic heterocycles. The average molecular weight is 478 g/mol. The van der Waals surface area contributed by atoms with Gasteiger partial charge in [-0.15, -0.1) is 11.3 Å². The van der Waals surface area contributed by atoms with Crippen molar-refractivity contribution in [2.45, 2.75) is 0 Å². The van der Waals surface area contributed by atoms with Crippen molar-refractivity contribution in [1.29, 1.82) is 0 Å². The third kappa shape index (κ3) is 2.85. The van der Waals surface area contributed by atoms with Gasteiger partial charge in [0.2, 0.25) is 0 Å². The summed E-state index contributed by atoms with van der Waals surface area (Å²) < 4.78 is 156. The number of halogens is 1. The summed E-state index contributed by atoms with van der Waals surface area (Å²) >= 11 is 7.21. The third-order valence-electron chi connectivity index (χ3n) is 5.15. The quantitative estimate of drug-likeness (QED) is 0.233. The molecule has 0 atom stereocenters. The van der Waals surface area contributed by atoms with Gasteiger partial charge in [0.25, 0.3) is 0 Å². The lowest BCUT2D eigenvalue weighted by molar-refractivity contribution is 1.18. The molecule has 0 bridgehead atoms. The van der Waals surface area contributed by atoms with Gasteiger partial charge in [0.1, 0.15) is 0 Å². The van der Waals surface area contributed by atoms with Gasteiger partial charge < -0.3 is 4.57 Å². The smallest absolute Gasteiger partial charge is 0.0646 e. The number of rotatable bonds is 2. The van der Waals surface area contributed by atoms with E-state index in [1.54, 1.807) is 0 Å². The standard InChI is InChI=1S/C30H18ClNS/c31-20-17-25(30-26(18-20)24-9-3-6-12-29(24)33-30)19-13-15-21(16-14-19)32-27-10-4-1-7-22(27)23-8-2-5-11-28(23)32/h1-18H/i1D,2D,3D,4D,5D,6D,7D,8D,9D,10D,11D,12D,13D,14D,15D,16D,17D,18D. The van der Waals surface area contributed by atoms with E-state index in [-0.39, 0.29) is 36.5 Å². The number of hydrogen-bond donors (Lipinski definition) is 0. The summed E-state index contributed by atoms with van der Waals surface area (Å²) in [4.78, 5) is 0. The summed E-state index contributed by atoms with van der Waals surface area (Å²) in [6, 6.07) is -12.0. The van der Waals surface area contributed by atoms with Crippen LogP contribution in [-0.2, 0) is 0 Å². The Bertz CT molecular complexity index is 2700. The van der Waals surface area contributed by atoms with Crippen molar-refractivity contribution in [3.63, 3.8) is 0 Å². The van der Waals surface area contributed by atoms with Crippen LogP contribution in [0.2, 0.25) is 5.02 Å². The minimum absolute atomic E-state index is 0.00726. The van der Waals surface area contributed by atoms with E-state index in [9.17, 15) is 0 Å². The highest BCUT2D eigenvalue weighted by molar-refractivity contribution is 7.26. The van der Waals surface area contributed by atoms with Gasteiger partial charge in [0.05, 0.1) is 35.7 Å². The second kappa shape index (κ2) is 7.21. The fourth-order valence-electron chi connectivity index (χ4n) is 3.79. The molecule has 5 aromatic carbocycles. The zero-order valence-electron chi connectivity index (χ0n) is 34.2. The molecule has 156 valence electrons. The molecule has 0 saturated heterocycles. The van der Waals surface area contributed by atoms with Gasteiger partial charge in [-0.1, -0.05) is 78.1 Å².